The summed E-state index contributed by atoms with van der Waals surface area (Å²) in [6.45, 7) is 4.06. The van der Waals surface area contributed by atoms with Crippen LogP contribution in [0.1, 0.15) is 48.1 Å². The van der Waals surface area contributed by atoms with Gasteiger partial charge < -0.3 is 19.9 Å². The zero-order chi connectivity index (χ0) is 25.0. The van der Waals surface area contributed by atoms with Crippen molar-refractivity contribution in [3.05, 3.63) is 52.8 Å². The molecule has 2 atom stereocenters. The number of benzene rings is 1. The molecule has 0 spiro atoms. The molecular formula is C26H29F3N4O2. The van der Waals surface area contributed by atoms with Crippen LogP contribution in [0.5, 0.6) is 0 Å². The molecule has 0 aliphatic carbocycles. The number of carbonyl (C=O) groups excluding carboxylic acids is 1. The third kappa shape index (κ3) is 4.00. The number of aromatic nitrogens is 2. The van der Waals surface area contributed by atoms with Crippen molar-refractivity contribution >= 4 is 16.9 Å². The highest BCUT2D eigenvalue weighted by Gasteiger charge is 2.59. The zero-order valence-electron chi connectivity index (χ0n) is 20.1. The molecule has 0 saturated carbocycles. The summed E-state index contributed by atoms with van der Waals surface area (Å²) >= 11 is 0. The largest absolute Gasteiger partial charge is 0.426 e. The van der Waals surface area contributed by atoms with Crippen LogP contribution in [0, 0.1) is 6.92 Å². The molecule has 5 rings (SSSR count). The molecule has 1 aromatic carbocycles. The minimum Gasteiger partial charge on any atom is -0.361 e. The van der Waals surface area contributed by atoms with Gasteiger partial charge in [0.15, 0.2) is 0 Å². The number of nitrogens with zero attached hydrogens (tertiary/aromatic N) is 2. The molecule has 2 N–H and O–H groups in total. The number of nitrogens with one attached hydrogen (secondary N) is 2. The maximum absolute atomic E-state index is 13.7. The van der Waals surface area contributed by atoms with E-state index in [1.54, 1.807) is 0 Å². The maximum atomic E-state index is 13.7. The summed E-state index contributed by atoms with van der Waals surface area (Å²) in [7, 11) is 0.931. The number of hydrogen-bond donors (Lipinski definition) is 2. The Morgan fingerprint density at radius 3 is 2.71 bits per heavy atom. The molecule has 0 radical (unpaired) electrons. The number of rotatable bonds is 4. The van der Waals surface area contributed by atoms with E-state index in [0.29, 0.717) is 6.42 Å². The quantitative estimate of drug-likeness (QED) is 0.555. The summed E-state index contributed by atoms with van der Waals surface area (Å²) in [6, 6.07) is 6.42. The number of aryl methyl sites for hydroxylation is 1. The van der Waals surface area contributed by atoms with E-state index in [-0.39, 0.29) is 19.1 Å². The van der Waals surface area contributed by atoms with Gasteiger partial charge in [0, 0.05) is 49.6 Å². The summed E-state index contributed by atoms with van der Waals surface area (Å²) < 4.78 is 45.8. The first-order valence-corrected chi connectivity index (χ1v) is 11.9. The molecule has 2 aliphatic rings. The van der Waals surface area contributed by atoms with Gasteiger partial charge in [-0.15, -0.1) is 0 Å². The first kappa shape index (κ1) is 23.8. The van der Waals surface area contributed by atoms with Gasteiger partial charge in [-0.1, -0.05) is 6.07 Å². The number of halogens is 3. The van der Waals surface area contributed by atoms with Gasteiger partial charge in [-0.2, -0.15) is 13.2 Å². The number of amides is 1. The van der Waals surface area contributed by atoms with Gasteiger partial charge in [-0.25, -0.2) is 4.98 Å². The fourth-order valence-corrected chi connectivity index (χ4v) is 5.22. The van der Waals surface area contributed by atoms with Crippen molar-refractivity contribution < 1.29 is 22.7 Å². The van der Waals surface area contributed by atoms with Crippen LogP contribution >= 0.6 is 0 Å². The van der Waals surface area contributed by atoms with Gasteiger partial charge in [0.05, 0.1) is 0 Å². The molecule has 9 heteroatoms. The lowest BCUT2D eigenvalue weighted by atomic mass is 9.86. The smallest absolute Gasteiger partial charge is 0.361 e. The second-order valence-electron chi connectivity index (χ2n) is 9.66. The Morgan fingerprint density at radius 2 is 2.03 bits per heavy atom. The summed E-state index contributed by atoms with van der Waals surface area (Å²) in [5, 5.41) is 4.58. The topological polar surface area (TPSA) is 70.2 Å². The van der Waals surface area contributed by atoms with Crippen molar-refractivity contribution in [2.75, 3.05) is 20.2 Å². The molecule has 1 unspecified atom stereocenters. The Morgan fingerprint density at radius 1 is 1.23 bits per heavy atom. The number of ether oxygens (including phenoxy) is 1. The Balaban J connectivity index is 1.55. The molecular weight excluding hydrogens is 457 g/mol. The third-order valence-electron chi connectivity index (χ3n) is 7.53. The third-order valence-corrected chi connectivity index (χ3v) is 7.53. The number of pyridine rings is 1. The highest BCUT2D eigenvalue weighted by atomic mass is 19.4. The lowest BCUT2D eigenvalue weighted by molar-refractivity contribution is -0.258. The van der Waals surface area contributed by atoms with Crippen molar-refractivity contribution in [2.24, 2.45) is 0 Å². The highest BCUT2D eigenvalue weighted by molar-refractivity contribution is 5.87. The van der Waals surface area contributed by atoms with E-state index < -0.39 is 17.7 Å². The predicted octanol–water partition coefficient (Wildman–Crippen LogP) is 4.81. The standard InChI is InChI=1S/C26H29F3N4O2/c1-15-12-31-23-19(15)11-18(13-32-23)17-9-16-6-8-33(24(34)25(2,35-3)26(27,28)29)14-21(16)20(10-17)22-5-4-7-30-22/h9-13,22,30H,4-8,14H2,1-3H3,(H,31,32)/t22-,25?/m0/s1. The maximum Gasteiger partial charge on any atom is 0.426 e. The van der Waals surface area contributed by atoms with Gasteiger partial charge in [-0.05, 0) is 79.6 Å². The second kappa shape index (κ2) is 8.64. The number of fused-ring (bicyclic) bond motifs is 2. The van der Waals surface area contributed by atoms with Crippen LogP contribution in [0.25, 0.3) is 22.2 Å². The summed E-state index contributed by atoms with van der Waals surface area (Å²) in [6.07, 6.45) is 1.42. The average Bonchev–Trinajstić information content (AvgIpc) is 3.51. The van der Waals surface area contributed by atoms with Gasteiger partial charge >= 0.3 is 6.18 Å². The minimum absolute atomic E-state index is 0.0980. The molecule has 1 amide bonds. The lowest BCUT2D eigenvalue weighted by Gasteiger charge is -2.38. The molecule has 1 saturated heterocycles. The normalized spacial score (nSPS) is 20.2. The van der Waals surface area contributed by atoms with Crippen LogP contribution in [0.15, 0.2) is 30.6 Å². The predicted molar refractivity (Wildman–Crippen MR) is 127 cm³/mol. The van der Waals surface area contributed by atoms with Crippen molar-refractivity contribution in [3.8, 4) is 11.1 Å². The van der Waals surface area contributed by atoms with E-state index in [0.717, 1.165) is 77.8 Å². The first-order valence-electron chi connectivity index (χ1n) is 11.9. The number of H-pyrrole nitrogens is 1. The number of aromatic amines is 1. The average molecular weight is 487 g/mol. The van der Waals surface area contributed by atoms with E-state index in [1.165, 1.54) is 4.90 Å². The van der Waals surface area contributed by atoms with E-state index in [2.05, 4.69) is 33.5 Å². The summed E-state index contributed by atoms with van der Waals surface area (Å²) in [5.41, 5.74) is 4.14. The fraction of sp³-hybridized carbons (Fsp3) is 0.462. The first-order chi connectivity index (χ1) is 16.6. The Labute approximate surface area is 201 Å². The molecule has 4 heterocycles. The van der Waals surface area contributed by atoms with Gasteiger partial charge in [0.2, 0.25) is 5.60 Å². The van der Waals surface area contributed by atoms with Gasteiger partial charge in [0.1, 0.15) is 5.65 Å². The number of alkyl halides is 3. The molecule has 35 heavy (non-hydrogen) atoms. The van der Waals surface area contributed by atoms with Crippen molar-refractivity contribution in [2.45, 2.75) is 57.5 Å². The van der Waals surface area contributed by atoms with E-state index in [4.69, 9.17) is 4.74 Å². The fourth-order valence-electron chi connectivity index (χ4n) is 5.22. The van der Waals surface area contributed by atoms with Crippen LogP contribution in [0.3, 0.4) is 0 Å². The Bertz CT molecular complexity index is 1280. The summed E-state index contributed by atoms with van der Waals surface area (Å²) in [4.78, 5) is 22.0. The van der Waals surface area contributed by atoms with Crippen molar-refractivity contribution in [1.82, 2.24) is 20.2 Å². The molecule has 6 nitrogen and oxygen atoms in total. The molecule has 3 aromatic rings. The van der Waals surface area contributed by atoms with Gasteiger partial charge in [0.25, 0.3) is 5.91 Å². The Kier molecular flexibility index (Phi) is 5.88. The van der Waals surface area contributed by atoms with E-state index in [1.807, 2.05) is 19.3 Å². The van der Waals surface area contributed by atoms with Crippen molar-refractivity contribution in [3.63, 3.8) is 0 Å². The summed E-state index contributed by atoms with van der Waals surface area (Å²) in [5.74, 6) is -1.05. The second-order valence-corrected chi connectivity index (χ2v) is 9.66. The molecule has 2 aromatic heterocycles. The van der Waals surface area contributed by atoms with Crippen LogP contribution in [-0.2, 0) is 22.5 Å². The molecule has 2 aliphatic heterocycles. The zero-order valence-corrected chi connectivity index (χ0v) is 20.1. The van der Waals surface area contributed by atoms with E-state index >= 15 is 0 Å². The van der Waals surface area contributed by atoms with E-state index in [9.17, 15) is 18.0 Å². The monoisotopic (exact) mass is 486 g/mol. The van der Waals surface area contributed by atoms with Crippen LogP contribution in [0.4, 0.5) is 13.2 Å². The molecule has 186 valence electrons. The van der Waals surface area contributed by atoms with Crippen LogP contribution < -0.4 is 5.32 Å². The number of carbonyl (C=O) groups is 1. The van der Waals surface area contributed by atoms with Gasteiger partial charge in [-0.3, -0.25) is 4.79 Å². The molecule has 0 bridgehead atoms. The lowest BCUT2D eigenvalue weighted by Crippen LogP contribution is -2.58. The van der Waals surface area contributed by atoms with Crippen molar-refractivity contribution in [1.29, 1.82) is 0 Å². The van der Waals surface area contributed by atoms with Crippen LogP contribution in [0.2, 0.25) is 0 Å². The number of methoxy groups -OCH3 is 1. The SMILES string of the molecule is COC(C)(C(=O)N1CCc2cc(-c3cnc4[nH]cc(C)c4c3)cc([C@@H]3CCCN3)c2C1)C(F)(F)F. The molecule has 1 fully saturated rings. The minimum atomic E-state index is -4.80. The Hall–Kier alpha value is -2.91. The highest BCUT2D eigenvalue weighted by Crippen LogP contribution is 2.39. The number of hydrogen-bond acceptors (Lipinski definition) is 4. The van der Waals surface area contributed by atoms with Crippen LogP contribution in [-0.4, -0.2) is 52.8 Å².